The van der Waals surface area contributed by atoms with E-state index >= 15 is 0 Å². The van der Waals surface area contributed by atoms with Crippen LogP contribution in [0.3, 0.4) is 0 Å². The summed E-state index contributed by atoms with van der Waals surface area (Å²) < 4.78 is 18.9. The highest BCUT2D eigenvalue weighted by molar-refractivity contribution is 6.06. The summed E-state index contributed by atoms with van der Waals surface area (Å²) in [6, 6.07) is 7.82. The van der Waals surface area contributed by atoms with Crippen LogP contribution in [0.5, 0.6) is 5.75 Å². The SMILES string of the molecule is COc1cccc(C#N)c1NC(=O)c1ccnc(N)c1F. The molecule has 3 N–H and O–H groups in total. The molecule has 1 amide bonds. The van der Waals surface area contributed by atoms with Crippen molar-refractivity contribution in [1.29, 1.82) is 5.26 Å². The summed E-state index contributed by atoms with van der Waals surface area (Å²) in [5.74, 6) is -1.74. The molecule has 1 aromatic heterocycles. The van der Waals surface area contributed by atoms with Crippen molar-refractivity contribution in [1.82, 2.24) is 4.98 Å². The maximum absolute atomic E-state index is 13.8. The largest absolute Gasteiger partial charge is 0.495 e. The third-order valence-electron chi connectivity index (χ3n) is 2.77. The third kappa shape index (κ3) is 2.74. The maximum atomic E-state index is 13.8. The summed E-state index contributed by atoms with van der Waals surface area (Å²) in [7, 11) is 1.40. The van der Waals surface area contributed by atoms with E-state index in [1.807, 2.05) is 6.07 Å². The normalized spacial score (nSPS) is 9.76. The zero-order chi connectivity index (χ0) is 15.4. The molecule has 2 aromatic rings. The number of benzene rings is 1. The lowest BCUT2D eigenvalue weighted by Gasteiger charge is -2.12. The van der Waals surface area contributed by atoms with Gasteiger partial charge in [-0.1, -0.05) is 6.07 Å². The lowest BCUT2D eigenvalue weighted by atomic mass is 10.1. The first-order valence-electron chi connectivity index (χ1n) is 5.87. The quantitative estimate of drug-likeness (QED) is 0.897. The Kier molecular flexibility index (Phi) is 4.00. The van der Waals surface area contributed by atoms with E-state index in [9.17, 15) is 9.18 Å². The molecule has 2 rings (SSSR count). The average molecular weight is 286 g/mol. The van der Waals surface area contributed by atoms with Gasteiger partial charge in [-0.25, -0.2) is 9.37 Å². The number of nitrogen functional groups attached to an aromatic ring is 1. The third-order valence-corrected chi connectivity index (χ3v) is 2.77. The lowest BCUT2D eigenvalue weighted by Crippen LogP contribution is -2.16. The fraction of sp³-hybridized carbons (Fsp3) is 0.0714. The molecule has 0 unspecified atom stereocenters. The Morgan fingerprint density at radius 1 is 1.48 bits per heavy atom. The molecule has 0 aliphatic heterocycles. The molecule has 1 aromatic carbocycles. The summed E-state index contributed by atoms with van der Waals surface area (Å²) in [6.45, 7) is 0. The number of nitrogens with zero attached hydrogens (tertiary/aromatic N) is 2. The van der Waals surface area contributed by atoms with Crippen LogP contribution in [-0.2, 0) is 0 Å². The van der Waals surface area contributed by atoms with Gasteiger partial charge in [-0.15, -0.1) is 0 Å². The molecule has 0 aliphatic rings. The zero-order valence-corrected chi connectivity index (χ0v) is 11.1. The molecule has 6 nitrogen and oxygen atoms in total. The van der Waals surface area contributed by atoms with Gasteiger partial charge in [-0.2, -0.15) is 5.26 Å². The molecule has 0 saturated heterocycles. The molecule has 7 heteroatoms. The maximum Gasteiger partial charge on any atom is 0.258 e. The van der Waals surface area contributed by atoms with Gasteiger partial charge >= 0.3 is 0 Å². The summed E-state index contributed by atoms with van der Waals surface area (Å²) in [5.41, 5.74) is 5.42. The number of anilines is 2. The fourth-order valence-corrected chi connectivity index (χ4v) is 1.74. The smallest absolute Gasteiger partial charge is 0.258 e. The number of para-hydroxylation sites is 1. The predicted octanol–water partition coefficient (Wildman–Crippen LogP) is 1.94. The van der Waals surface area contributed by atoms with Crippen molar-refractivity contribution in [2.45, 2.75) is 0 Å². The van der Waals surface area contributed by atoms with Crippen molar-refractivity contribution in [3.8, 4) is 11.8 Å². The Balaban J connectivity index is 2.41. The number of carbonyl (C=O) groups is 1. The van der Waals surface area contributed by atoms with Gasteiger partial charge in [0, 0.05) is 6.20 Å². The minimum absolute atomic E-state index is 0.169. The van der Waals surface area contributed by atoms with Gasteiger partial charge in [-0.05, 0) is 18.2 Å². The molecule has 0 bridgehead atoms. The average Bonchev–Trinajstić information content (AvgIpc) is 2.50. The van der Waals surface area contributed by atoms with E-state index in [1.165, 1.54) is 25.4 Å². The monoisotopic (exact) mass is 286 g/mol. The van der Waals surface area contributed by atoms with Crippen LogP contribution in [0, 0.1) is 17.1 Å². The molecule has 106 valence electrons. The first-order valence-corrected chi connectivity index (χ1v) is 5.87. The first-order chi connectivity index (χ1) is 10.1. The Morgan fingerprint density at radius 3 is 2.90 bits per heavy atom. The first kappa shape index (κ1) is 14.3. The van der Waals surface area contributed by atoms with Crippen molar-refractivity contribution < 1.29 is 13.9 Å². The van der Waals surface area contributed by atoms with E-state index < -0.39 is 11.7 Å². The van der Waals surface area contributed by atoms with E-state index in [0.29, 0.717) is 5.75 Å². The second kappa shape index (κ2) is 5.88. The van der Waals surface area contributed by atoms with Crippen LogP contribution in [-0.4, -0.2) is 18.0 Å². The summed E-state index contributed by atoms with van der Waals surface area (Å²) >= 11 is 0. The number of ether oxygens (including phenoxy) is 1. The number of halogens is 1. The van der Waals surface area contributed by atoms with E-state index in [0.717, 1.165) is 0 Å². The molecular formula is C14H11FN4O2. The molecule has 1 heterocycles. The lowest BCUT2D eigenvalue weighted by molar-refractivity contribution is 0.102. The number of nitrogens with one attached hydrogen (secondary N) is 1. The number of nitrogens with two attached hydrogens (primary N) is 1. The van der Waals surface area contributed by atoms with Crippen LogP contribution >= 0.6 is 0 Å². The molecule has 21 heavy (non-hydrogen) atoms. The Hall–Kier alpha value is -3.14. The topological polar surface area (TPSA) is 101 Å². The highest BCUT2D eigenvalue weighted by Crippen LogP contribution is 2.28. The van der Waals surface area contributed by atoms with Crippen molar-refractivity contribution in [2.24, 2.45) is 0 Å². The van der Waals surface area contributed by atoms with Gasteiger partial charge < -0.3 is 15.8 Å². The van der Waals surface area contributed by atoms with E-state index in [1.54, 1.807) is 12.1 Å². The Bertz CT molecular complexity index is 740. The molecule has 0 saturated carbocycles. The summed E-state index contributed by atoms with van der Waals surface area (Å²) in [5, 5.41) is 11.5. The van der Waals surface area contributed by atoms with Crippen molar-refractivity contribution in [3.63, 3.8) is 0 Å². The minimum atomic E-state index is -0.914. The number of aromatic nitrogens is 1. The summed E-state index contributed by atoms with van der Waals surface area (Å²) in [4.78, 5) is 15.7. The van der Waals surface area contributed by atoms with Gasteiger partial charge in [0.15, 0.2) is 11.6 Å². The molecule has 0 fully saturated rings. The van der Waals surface area contributed by atoms with Crippen LogP contribution in [0.1, 0.15) is 15.9 Å². The second-order valence-electron chi connectivity index (χ2n) is 4.01. The predicted molar refractivity (Wildman–Crippen MR) is 74.3 cm³/mol. The Morgan fingerprint density at radius 2 is 2.24 bits per heavy atom. The van der Waals surface area contributed by atoms with E-state index in [4.69, 9.17) is 15.7 Å². The number of hydrogen-bond donors (Lipinski definition) is 2. The Labute approximate surface area is 120 Å². The zero-order valence-electron chi connectivity index (χ0n) is 11.1. The number of amides is 1. The van der Waals surface area contributed by atoms with Crippen LogP contribution in [0.4, 0.5) is 15.9 Å². The highest BCUT2D eigenvalue weighted by Gasteiger charge is 2.18. The fourth-order valence-electron chi connectivity index (χ4n) is 1.74. The standard InChI is InChI=1S/C14H11FN4O2/c1-21-10-4-2-3-8(7-16)12(10)19-14(20)9-5-6-18-13(17)11(9)15/h2-6H,1H3,(H2,17,18)(H,19,20). The molecule has 0 atom stereocenters. The molecule has 0 radical (unpaired) electrons. The van der Waals surface area contributed by atoms with Crippen LogP contribution in [0.15, 0.2) is 30.5 Å². The van der Waals surface area contributed by atoms with Crippen LogP contribution in [0.2, 0.25) is 0 Å². The van der Waals surface area contributed by atoms with Crippen molar-refractivity contribution >= 4 is 17.4 Å². The number of hydrogen-bond acceptors (Lipinski definition) is 5. The highest BCUT2D eigenvalue weighted by atomic mass is 19.1. The van der Waals surface area contributed by atoms with Gasteiger partial charge in [0.1, 0.15) is 17.5 Å². The summed E-state index contributed by atoms with van der Waals surface area (Å²) in [6.07, 6.45) is 1.22. The van der Waals surface area contributed by atoms with Crippen LogP contribution < -0.4 is 15.8 Å². The van der Waals surface area contributed by atoms with Crippen molar-refractivity contribution in [3.05, 3.63) is 47.4 Å². The number of rotatable bonds is 3. The van der Waals surface area contributed by atoms with E-state index in [2.05, 4.69) is 10.3 Å². The minimum Gasteiger partial charge on any atom is -0.495 e. The number of methoxy groups -OCH3 is 1. The van der Waals surface area contributed by atoms with Crippen molar-refractivity contribution in [2.75, 3.05) is 18.2 Å². The van der Waals surface area contributed by atoms with Gasteiger partial charge in [0.2, 0.25) is 0 Å². The second-order valence-corrected chi connectivity index (χ2v) is 4.01. The molecule has 0 spiro atoms. The number of carbonyl (C=O) groups excluding carboxylic acids is 1. The number of nitriles is 1. The molecular weight excluding hydrogens is 275 g/mol. The van der Waals surface area contributed by atoms with Crippen LogP contribution in [0.25, 0.3) is 0 Å². The van der Waals surface area contributed by atoms with E-state index in [-0.39, 0.29) is 22.6 Å². The van der Waals surface area contributed by atoms with Gasteiger partial charge in [-0.3, -0.25) is 4.79 Å². The number of pyridine rings is 1. The van der Waals surface area contributed by atoms with Gasteiger partial charge in [0.05, 0.1) is 18.2 Å². The van der Waals surface area contributed by atoms with Gasteiger partial charge in [0.25, 0.3) is 5.91 Å². The molecule has 0 aliphatic carbocycles.